The van der Waals surface area contributed by atoms with Gasteiger partial charge in [-0.25, -0.2) is 9.78 Å². The maximum absolute atomic E-state index is 10.9. The van der Waals surface area contributed by atoms with Crippen molar-refractivity contribution in [2.24, 2.45) is 0 Å². The first-order chi connectivity index (χ1) is 8.25. The highest BCUT2D eigenvalue weighted by Crippen LogP contribution is 2.11. The number of aromatic carboxylic acids is 1. The Hall–Kier alpha value is -1.62. The zero-order valence-electron chi connectivity index (χ0n) is 9.72. The SMILES string of the molecule is O=C(O)c1cccnc1NCCCCCCO. The molecular weight excluding hydrogens is 220 g/mol. The van der Waals surface area contributed by atoms with Crippen LogP contribution in [0.1, 0.15) is 36.0 Å². The van der Waals surface area contributed by atoms with Gasteiger partial charge in [0.15, 0.2) is 0 Å². The Morgan fingerprint density at radius 2 is 2.06 bits per heavy atom. The molecule has 0 bridgehead atoms. The van der Waals surface area contributed by atoms with E-state index in [-0.39, 0.29) is 12.2 Å². The zero-order valence-corrected chi connectivity index (χ0v) is 9.72. The van der Waals surface area contributed by atoms with Crippen molar-refractivity contribution in [3.05, 3.63) is 23.9 Å². The predicted molar refractivity (Wildman–Crippen MR) is 65.2 cm³/mol. The molecule has 0 radical (unpaired) electrons. The quantitative estimate of drug-likeness (QED) is 0.601. The number of anilines is 1. The fourth-order valence-corrected chi connectivity index (χ4v) is 1.52. The lowest BCUT2D eigenvalue weighted by molar-refractivity contribution is 0.0697. The normalized spacial score (nSPS) is 10.2. The molecule has 1 aromatic rings. The molecule has 0 aliphatic carbocycles. The van der Waals surface area contributed by atoms with E-state index in [4.69, 9.17) is 10.2 Å². The van der Waals surface area contributed by atoms with Gasteiger partial charge in [0.2, 0.25) is 0 Å². The highest BCUT2D eigenvalue weighted by Gasteiger charge is 2.09. The third kappa shape index (κ3) is 4.82. The van der Waals surface area contributed by atoms with Crippen LogP contribution in [0, 0.1) is 0 Å². The molecule has 17 heavy (non-hydrogen) atoms. The molecule has 1 rings (SSSR count). The van der Waals surface area contributed by atoms with Crippen LogP contribution in [0.15, 0.2) is 18.3 Å². The summed E-state index contributed by atoms with van der Waals surface area (Å²) in [5.41, 5.74) is 0.197. The summed E-state index contributed by atoms with van der Waals surface area (Å²) in [6, 6.07) is 3.14. The lowest BCUT2D eigenvalue weighted by atomic mass is 10.2. The second-order valence-electron chi connectivity index (χ2n) is 3.77. The number of carboxylic acids is 1. The Morgan fingerprint density at radius 3 is 2.76 bits per heavy atom. The fraction of sp³-hybridized carbons (Fsp3) is 0.500. The summed E-state index contributed by atoms with van der Waals surface area (Å²) in [5.74, 6) is -0.553. The van der Waals surface area contributed by atoms with E-state index in [2.05, 4.69) is 10.3 Å². The van der Waals surface area contributed by atoms with Crippen molar-refractivity contribution in [2.45, 2.75) is 25.7 Å². The van der Waals surface area contributed by atoms with Crippen LogP contribution >= 0.6 is 0 Å². The van der Waals surface area contributed by atoms with Gasteiger partial charge >= 0.3 is 5.97 Å². The van der Waals surface area contributed by atoms with Crippen LogP contribution in [0.25, 0.3) is 0 Å². The molecule has 0 aromatic carbocycles. The molecule has 0 spiro atoms. The van der Waals surface area contributed by atoms with E-state index in [0.29, 0.717) is 12.4 Å². The maximum Gasteiger partial charge on any atom is 0.339 e. The second kappa shape index (κ2) is 7.62. The summed E-state index contributed by atoms with van der Waals surface area (Å²) in [5, 5.41) is 20.6. The molecule has 0 saturated heterocycles. The third-order valence-electron chi connectivity index (χ3n) is 2.42. The minimum atomic E-state index is -0.971. The molecule has 0 saturated carbocycles. The van der Waals surface area contributed by atoms with Crippen molar-refractivity contribution >= 4 is 11.8 Å². The number of carboxylic acid groups (broad SMARTS) is 1. The molecule has 0 fully saturated rings. The zero-order chi connectivity index (χ0) is 12.5. The lowest BCUT2D eigenvalue weighted by Gasteiger charge is -2.07. The van der Waals surface area contributed by atoms with Crippen LogP contribution in [-0.2, 0) is 0 Å². The number of aliphatic hydroxyl groups excluding tert-OH is 1. The number of rotatable bonds is 8. The van der Waals surface area contributed by atoms with Crippen LogP contribution in [0.4, 0.5) is 5.82 Å². The van der Waals surface area contributed by atoms with E-state index in [1.165, 1.54) is 6.07 Å². The Morgan fingerprint density at radius 1 is 1.29 bits per heavy atom. The topological polar surface area (TPSA) is 82.5 Å². The van der Waals surface area contributed by atoms with E-state index in [1.807, 2.05) is 0 Å². The van der Waals surface area contributed by atoms with Crippen molar-refractivity contribution in [2.75, 3.05) is 18.5 Å². The first-order valence-corrected chi connectivity index (χ1v) is 5.78. The van der Waals surface area contributed by atoms with E-state index < -0.39 is 5.97 Å². The maximum atomic E-state index is 10.9. The van der Waals surface area contributed by atoms with Crippen LogP contribution < -0.4 is 5.32 Å². The highest BCUT2D eigenvalue weighted by atomic mass is 16.4. The monoisotopic (exact) mass is 238 g/mol. The van der Waals surface area contributed by atoms with Crippen molar-refractivity contribution < 1.29 is 15.0 Å². The first-order valence-electron chi connectivity index (χ1n) is 5.78. The standard InChI is InChI=1S/C12H18N2O3/c15-9-4-2-1-3-7-13-11-10(12(16)17)6-5-8-14-11/h5-6,8,15H,1-4,7,9H2,(H,13,14)(H,16,17). The lowest BCUT2D eigenvalue weighted by Crippen LogP contribution is -2.09. The van der Waals surface area contributed by atoms with Crippen molar-refractivity contribution in [1.82, 2.24) is 4.98 Å². The number of hydrogen-bond donors (Lipinski definition) is 3. The smallest absolute Gasteiger partial charge is 0.339 e. The minimum Gasteiger partial charge on any atom is -0.478 e. The average Bonchev–Trinajstić information content (AvgIpc) is 2.34. The number of hydrogen-bond acceptors (Lipinski definition) is 4. The molecule has 0 atom stereocenters. The van der Waals surface area contributed by atoms with Gasteiger partial charge in [-0.05, 0) is 25.0 Å². The van der Waals surface area contributed by atoms with Gasteiger partial charge in [-0.1, -0.05) is 12.8 Å². The van der Waals surface area contributed by atoms with Crippen LogP contribution in [-0.4, -0.2) is 34.3 Å². The van der Waals surface area contributed by atoms with Crippen LogP contribution in [0.2, 0.25) is 0 Å². The van der Waals surface area contributed by atoms with Crippen molar-refractivity contribution in [3.63, 3.8) is 0 Å². The molecule has 0 amide bonds. The van der Waals surface area contributed by atoms with Gasteiger partial charge in [0, 0.05) is 19.3 Å². The molecule has 1 aromatic heterocycles. The average molecular weight is 238 g/mol. The van der Waals surface area contributed by atoms with Crippen molar-refractivity contribution in [3.8, 4) is 0 Å². The number of pyridine rings is 1. The molecule has 0 aliphatic rings. The Balaban J connectivity index is 2.34. The van der Waals surface area contributed by atoms with Gasteiger partial charge in [-0.2, -0.15) is 0 Å². The summed E-state index contributed by atoms with van der Waals surface area (Å²) in [6.07, 6.45) is 5.34. The number of carbonyl (C=O) groups is 1. The fourth-order valence-electron chi connectivity index (χ4n) is 1.52. The van der Waals surface area contributed by atoms with Crippen molar-refractivity contribution in [1.29, 1.82) is 0 Å². The van der Waals surface area contributed by atoms with Gasteiger partial charge in [0.05, 0.1) is 0 Å². The van der Waals surface area contributed by atoms with E-state index in [0.717, 1.165) is 25.7 Å². The van der Waals surface area contributed by atoms with E-state index in [9.17, 15) is 4.79 Å². The summed E-state index contributed by atoms with van der Waals surface area (Å²) < 4.78 is 0. The van der Waals surface area contributed by atoms with E-state index >= 15 is 0 Å². The number of unbranched alkanes of at least 4 members (excludes halogenated alkanes) is 3. The first kappa shape index (κ1) is 13.4. The summed E-state index contributed by atoms with van der Waals surface area (Å²) in [7, 11) is 0. The van der Waals surface area contributed by atoms with Gasteiger partial charge in [0.25, 0.3) is 0 Å². The Labute approximate surface area is 101 Å². The summed E-state index contributed by atoms with van der Waals surface area (Å²) in [6.45, 7) is 0.930. The summed E-state index contributed by atoms with van der Waals surface area (Å²) >= 11 is 0. The molecule has 1 heterocycles. The van der Waals surface area contributed by atoms with Gasteiger partial charge in [-0.15, -0.1) is 0 Å². The molecular formula is C12H18N2O3. The van der Waals surface area contributed by atoms with Crippen LogP contribution in [0.3, 0.4) is 0 Å². The van der Waals surface area contributed by atoms with Gasteiger partial charge < -0.3 is 15.5 Å². The molecule has 5 nitrogen and oxygen atoms in total. The largest absolute Gasteiger partial charge is 0.478 e. The number of nitrogens with zero attached hydrogens (tertiary/aromatic N) is 1. The highest BCUT2D eigenvalue weighted by molar-refractivity contribution is 5.92. The third-order valence-corrected chi connectivity index (χ3v) is 2.42. The number of nitrogens with one attached hydrogen (secondary N) is 1. The molecule has 3 N–H and O–H groups in total. The van der Waals surface area contributed by atoms with Gasteiger partial charge in [0.1, 0.15) is 11.4 Å². The predicted octanol–water partition coefficient (Wildman–Crippen LogP) is 1.74. The van der Waals surface area contributed by atoms with Gasteiger partial charge in [-0.3, -0.25) is 0 Å². The Bertz CT molecular complexity index is 355. The molecule has 0 unspecified atom stereocenters. The summed E-state index contributed by atoms with van der Waals surface area (Å²) in [4.78, 5) is 14.9. The molecule has 94 valence electrons. The Kier molecular flexibility index (Phi) is 6.03. The number of aliphatic hydroxyl groups is 1. The minimum absolute atomic E-state index is 0.197. The van der Waals surface area contributed by atoms with Crippen LogP contribution in [0.5, 0.6) is 0 Å². The molecule has 5 heteroatoms. The van der Waals surface area contributed by atoms with E-state index in [1.54, 1.807) is 12.3 Å². The second-order valence-corrected chi connectivity index (χ2v) is 3.77. The number of aromatic nitrogens is 1. The molecule has 0 aliphatic heterocycles.